The van der Waals surface area contributed by atoms with Crippen molar-refractivity contribution in [2.45, 2.75) is 32.1 Å². The molecule has 0 saturated heterocycles. The molecule has 0 unspecified atom stereocenters. The summed E-state index contributed by atoms with van der Waals surface area (Å²) < 4.78 is 0. The zero-order chi connectivity index (χ0) is 8.23. The summed E-state index contributed by atoms with van der Waals surface area (Å²) in [6.45, 7) is 0. The zero-order valence-electron chi connectivity index (χ0n) is 7.24. The fourth-order valence-electron chi connectivity index (χ4n) is 1.57. The summed E-state index contributed by atoms with van der Waals surface area (Å²) >= 11 is 0. The van der Waals surface area contributed by atoms with E-state index < -0.39 is 0 Å². The first-order valence-electron chi connectivity index (χ1n) is 4.71. The van der Waals surface area contributed by atoms with Crippen molar-refractivity contribution in [2.24, 2.45) is 5.92 Å². The average Bonchev–Trinajstić information content (AvgIpc) is 2.04. The van der Waals surface area contributed by atoms with Crippen molar-refractivity contribution < 1.29 is 0 Å². The predicted molar refractivity (Wildman–Crippen MR) is 47.7 cm³/mol. The molecule has 1 fully saturated rings. The molecule has 1 aromatic rings. The fraction of sp³-hybridized carbons (Fsp3) is 0.600. The monoisotopic (exact) mass is 162 g/mol. The van der Waals surface area contributed by atoms with E-state index in [0.717, 1.165) is 18.2 Å². The van der Waals surface area contributed by atoms with E-state index in [2.05, 4.69) is 9.97 Å². The van der Waals surface area contributed by atoms with Crippen LogP contribution in [0.3, 0.4) is 0 Å². The van der Waals surface area contributed by atoms with Crippen LogP contribution in [0, 0.1) is 5.92 Å². The lowest BCUT2D eigenvalue weighted by Crippen LogP contribution is -2.12. The molecule has 64 valence electrons. The maximum atomic E-state index is 4.20. The number of hydrogen-bond acceptors (Lipinski definition) is 2. The Kier molecular flexibility index (Phi) is 2.35. The van der Waals surface area contributed by atoms with Gasteiger partial charge in [-0.25, -0.2) is 9.97 Å². The van der Waals surface area contributed by atoms with Gasteiger partial charge in [0.15, 0.2) is 0 Å². The van der Waals surface area contributed by atoms with Gasteiger partial charge in [-0.3, -0.25) is 0 Å². The van der Waals surface area contributed by atoms with Crippen molar-refractivity contribution in [3.05, 3.63) is 24.3 Å². The van der Waals surface area contributed by atoms with Gasteiger partial charge in [0.05, 0.1) is 0 Å². The van der Waals surface area contributed by atoms with Crippen molar-refractivity contribution in [2.75, 3.05) is 0 Å². The highest BCUT2D eigenvalue weighted by Crippen LogP contribution is 2.29. The minimum absolute atomic E-state index is 0.966. The van der Waals surface area contributed by atoms with Crippen molar-refractivity contribution in [3.8, 4) is 0 Å². The third-order valence-electron chi connectivity index (χ3n) is 2.62. The normalized spacial score (nSPS) is 17.3. The van der Waals surface area contributed by atoms with Crippen LogP contribution in [0.1, 0.15) is 31.5 Å². The van der Waals surface area contributed by atoms with E-state index in [1.165, 1.54) is 25.7 Å². The zero-order valence-corrected chi connectivity index (χ0v) is 7.24. The second-order valence-electron chi connectivity index (χ2n) is 3.50. The van der Waals surface area contributed by atoms with Gasteiger partial charge in [-0.15, -0.1) is 0 Å². The Bertz CT molecular complexity index is 229. The molecule has 0 radical (unpaired) electrons. The van der Waals surface area contributed by atoms with E-state index in [1.54, 1.807) is 0 Å². The van der Waals surface area contributed by atoms with E-state index in [0.29, 0.717) is 0 Å². The molecule has 1 aliphatic carbocycles. The summed E-state index contributed by atoms with van der Waals surface area (Å²) in [4.78, 5) is 8.40. The van der Waals surface area contributed by atoms with Crippen LogP contribution in [0.25, 0.3) is 0 Å². The summed E-state index contributed by atoms with van der Waals surface area (Å²) in [5.74, 6) is 1.97. The summed E-state index contributed by atoms with van der Waals surface area (Å²) in [6.07, 6.45) is 10.3. The van der Waals surface area contributed by atoms with E-state index in [4.69, 9.17) is 0 Å². The maximum absolute atomic E-state index is 4.20. The number of rotatable bonds is 3. The average molecular weight is 162 g/mol. The Morgan fingerprint density at radius 1 is 1.25 bits per heavy atom. The summed E-state index contributed by atoms with van der Waals surface area (Å²) in [7, 11) is 0. The number of aryl methyl sites for hydroxylation is 1. The molecule has 2 heteroatoms. The molecule has 0 aliphatic heterocycles. The largest absolute Gasteiger partial charge is 0.241 e. The van der Waals surface area contributed by atoms with E-state index in [1.807, 2.05) is 18.5 Å². The Balaban J connectivity index is 1.79. The van der Waals surface area contributed by atoms with Crippen LogP contribution in [-0.2, 0) is 6.42 Å². The predicted octanol–water partition coefficient (Wildman–Crippen LogP) is 2.21. The molecule has 1 saturated carbocycles. The Morgan fingerprint density at radius 2 is 2.00 bits per heavy atom. The van der Waals surface area contributed by atoms with Crippen LogP contribution in [-0.4, -0.2) is 9.97 Å². The molecule has 0 bridgehead atoms. The topological polar surface area (TPSA) is 25.8 Å². The summed E-state index contributed by atoms with van der Waals surface area (Å²) in [5.41, 5.74) is 0. The maximum Gasteiger partial charge on any atom is 0.128 e. The lowest BCUT2D eigenvalue weighted by molar-refractivity contribution is 0.294. The van der Waals surface area contributed by atoms with Crippen LogP contribution in [0.5, 0.6) is 0 Å². The molecule has 0 aromatic carbocycles. The van der Waals surface area contributed by atoms with Gasteiger partial charge < -0.3 is 0 Å². The lowest BCUT2D eigenvalue weighted by Gasteiger charge is -2.24. The molecule has 1 aliphatic rings. The summed E-state index contributed by atoms with van der Waals surface area (Å²) in [5, 5.41) is 0. The molecule has 0 N–H and O–H groups in total. The number of hydrogen-bond donors (Lipinski definition) is 0. The first kappa shape index (κ1) is 7.71. The molecule has 12 heavy (non-hydrogen) atoms. The first-order chi connectivity index (χ1) is 5.95. The van der Waals surface area contributed by atoms with Gasteiger partial charge in [0.25, 0.3) is 0 Å². The van der Waals surface area contributed by atoms with Crippen molar-refractivity contribution in [3.63, 3.8) is 0 Å². The Hall–Kier alpha value is -0.920. The second kappa shape index (κ2) is 3.65. The van der Waals surface area contributed by atoms with E-state index in [-0.39, 0.29) is 0 Å². The van der Waals surface area contributed by atoms with E-state index in [9.17, 15) is 0 Å². The number of nitrogens with zero attached hydrogens (tertiary/aromatic N) is 2. The standard InChI is InChI=1S/C10H14N2/c1-3-9(4-1)5-6-10-11-7-2-8-12-10/h2,7-9H,1,3-6H2. The van der Waals surface area contributed by atoms with Gasteiger partial charge in [0.1, 0.15) is 5.82 Å². The van der Waals surface area contributed by atoms with Crippen molar-refractivity contribution in [1.82, 2.24) is 9.97 Å². The molecule has 0 amide bonds. The molecule has 2 nitrogen and oxygen atoms in total. The van der Waals surface area contributed by atoms with Crippen molar-refractivity contribution in [1.29, 1.82) is 0 Å². The van der Waals surface area contributed by atoms with Crippen molar-refractivity contribution >= 4 is 0 Å². The molecular weight excluding hydrogens is 148 g/mol. The molecule has 0 atom stereocenters. The number of aromatic nitrogens is 2. The smallest absolute Gasteiger partial charge is 0.128 e. The second-order valence-corrected chi connectivity index (χ2v) is 3.50. The highest BCUT2D eigenvalue weighted by molar-refractivity contribution is 4.89. The quantitative estimate of drug-likeness (QED) is 0.681. The molecule has 1 aromatic heterocycles. The van der Waals surface area contributed by atoms with Gasteiger partial charge in [-0.05, 0) is 18.4 Å². The van der Waals surface area contributed by atoms with Crippen LogP contribution in [0.4, 0.5) is 0 Å². The Morgan fingerprint density at radius 3 is 2.58 bits per heavy atom. The third kappa shape index (κ3) is 1.81. The van der Waals surface area contributed by atoms with Gasteiger partial charge in [-0.1, -0.05) is 19.3 Å². The van der Waals surface area contributed by atoms with Gasteiger partial charge in [0.2, 0.25) is 0 Å². The Labute approximate surface area is 73.1 Å². The lowest BCUT2D eigenvalue weighted by atomic mass is 9.82. The van der Waals surface area contributed by atoms with E-state index >= 15 is 0 Å². The highest BCUT2D eigenvalue weighted by Gasteiger charge is 2.16. The van der Waals surface area contributed by atoms with Crippen LogP contribution in [0.15, 0.2) is 18.5 Å². The molecule has 0 spiro atoms. The third-order valence-corrected chi connectivity index (χ3v) is 2.62. The van der Waals surface area contributed by atoms with Gasteiger partial charge in [0, 0.05) is 18.8 Å². The van der Waals surface area contributed by atoms with Crippen LogP contribution in [0.2, 0.25) is 0 Å². The molecular formula is C10H14N2. The molecule has 1 heterocycles. The molecule has 2 rings (SSSR count). The minimum Gasteiger partial charge on any atom is -0.241 e. The van der Waals surface area contributed by atoms with Gasteiger partial charge in [-0.2, -0.15) is 0 Å². The van der Waals surface area contributed by atoms with Crippen LogP contribution < -0.4 is 0 Å². The minimum atomic E-state index is 0.966. The van der Waals surface area contributed by atoms with Gasteiger partial charge >= 0.3 is 0 Å². The summed E-state index contributed by atoms with van der Waals surface area (Å²) in [6, 6.07) is 1.87. The first-order valence-corrected chi connectivity index (χ1v) is 4.71. The van der Waals surface area contributed by atoms with Crippen LogP contribution >= 0.6 is 0 Å². The fourth-order valence-corrected chi connectivity index (χ4v) is 1.57. The SMILES string of the molecule is c1cnc(CCC2CCC2)nc1. The highest BCUT2D eigenvalue weighted by atomic mass is 14.8.